The van der Waals surface area contributed by atoms with E-state index in [2.05, 4.69) is 36.3 Å². The van der Waals surface area contributed by atoms with Crippen molar-refractivity contribution < 1.29 is 29.4 Å². The van der Waals surface area contributed by atoms with Crippen LogP contribution < -0.4 is 5.32 Å². The molecule has 9 heteroatoms. The molecule has 3 saturated carbocycles. The second-order valence-corrected chi connectivity index (χ2v) is 14.2. The summed E-state index contributed by atoms with van der Waals surface area (Å²) >= 11 is 0. The summed E-state index contributed by atoms with van der Waals surface area (Å²) in [6.45, 7) is 8.32. The maximum absolute atomic E-state index is 13.1. The van der Waals surface area contributed by atoms with Gasteiger partial charge in [-0.3, -0.25) is 9.59 Å². The van der Waals surface area contributed by atoms with Crippen molar-refractivity contribution >= 4 is 23.5 Å². The van der Waals surface area contributed by atoms with Gasteiger partial charge in [-0.25, -0.2) is 4.79 Å². The molecular weight excluding hydrogens is 534 g/mol. The van der Waals surface area contributed by atoms with Crippen LogP contribution in [0.4, 0.5) is 0 Å². The number of rotatable bonds is 7. The average Bonchev–Trinajstić information content (AvgIpc) is 3.55. The Hall–Kier alpha value is -2.86. The van der Waals surface area contributed by atoms with Gasteiger partial charge in [0.1, 0.15) is 17.7 Å². The molecule has 5 rings (SSSR count). The molecule has 8 atom stereocenters. The summed E-state index contributed by atoms with van der Waals surface area (Å²) in [5.74, 6) is 2.29. The molecule has 1 heterocycles. The van der Waals surface area contributed by atoms with E-state index in [-0.39, 0.29) is 29.3 Å². The Bertz CT molecular complexity index is 1220. The fraction of sp³-hybridized carbons (Fsp3) is 0.758. The molecule has 4 aliphatic carbocycles. The number of carboxylic acid groups (broad SMARTS) is 1. The summed E-state index contributed by atoms with van der Waals surface area (Å²) < 4.78 is 0. The first kappa shape index (κ1) is 30.6. The summed E-state index contributed by atoms with van der Waals surface area (Å²) in [5.41, 5.74) is 1.12. The molecule has 0 bridgehead atoms. The lowest BCUT2D eigenvalue weighted by Crippen LogP contribution is -2.54. The van der Waals surface area contributed by atoms with Crippen molar-refractivity contribution in [2.75, 3.05) is 13.2 Å². The van der Waals surface area contributed by atoms with Gasteiger partial charge in [0.15, 0.2) is 6.61 Å². The van der Waals surface area contributed by atoms with Crippen molar-refractivity contribution in [1.82, 2.24) is 10.2 Å². The zero-order valence-corrected chi connectivity index (χ0v) is 25.5. The first-order valence-electron chi connectivity index (χ1n) is 15.8. The number of nitrogens with one attached hydrogen (secondary N) is 1. The molecule has 1 saturated heterocycles. The summed E-state index contributed by atoms with van der Waals surface area (Å²) in [6.07, 6.45) is 16.6. The molecule has 4 fully saturated rings. The van der Waals surface area contributed by atoms with Crippen LogP contribution in [0, 0.1) is 46.8 Å². The van der Waals surface area contributed by atoms with Crippen molar-refractivity contribution in [3.05, 3.63) is 11.6 Å². The minimum atomic E-state index is -1.02. The second kappa shape index (κ2) is 11.3. The van der Waals surface area contributed by atoms with Crippen molar-refractivity contribution in [2.24, 2.45) is 39.7 Å². The third-order valence-electron chi connectivity index (χ3n) is 11.8. The Morgan fingerprint density at radius 3 is 2.57 bits per heavy atom. The van der Waals surface area contributed by atoms with Gasteiger partial charge in [0.2, 0.25) is 5.91 Å². The number of likely N-dealkylation sites (tertiary alicyclic amines) is 1. The van der Waals surface area contributed by atoms with E-state index < -0.39 is 29.6 Å². The first-order valence-corrected chi connectivity index (χ1v) is 15.8. The number of amides is 2. The highest BCUT2D eigenvalue weighted by Gasteiger charge is 2.63. The molecule has 230 valence electrons. The van der Waals surface area contributed by atoms with E-state index in [1.54, 1.807) is 0 Å². The van der Waals surface area contributed by atoms with Crippen molar-refractivity contribution in [1.29, 1.82) is 0 Å². The number of fused-ring (bicyclic) bond motifs is 5. The Balaban J connectivity index is 1.19. The van der Waals surface area contributed by atoms with Gasteiger partial charge >= 0.3 is 5.97 Å². The summed E-state index contributed by atoms with van der Waals surface area (Å²) in [6, 6.07) is -1.67. The molecule has 1 aliphatic heterocycles. The lowest BCUT2D eigenvalue weighted by molar-refractivity contribution is -0.150. The van der Waals surface area contributed by atoms with Gasteiger partial charge in [-0.2, -0.15) is 0 Å². The van der Waals surface area contributed by atoms with Gasteiger partial charge < -0.3 is 25.3 Å². The molecule has 0 radical (unpaired) electrons. The number of terminal acetylenes is 1. The number of carbonyl (C=O) groups is 3. The van der Waals surface area contributed by atoms with E-state index in [4.69, 9.17) is 11.3 Å². The van der Waals surface area contributed by atoms with E-state index in [0.717, 1.165) is 50.7 Å². The van der Waals surface area contributed by atoms with Crippen LogP contribution in [-0.2, 0) is 19.2 Å². The molecule has 2 amide bonds. The molecule has 5 aliphatic rings. The highest BCUT2D eigenvalue weighted by Crippen LogP contribution is 2.67. The Kier molecular flexibility index (Phi) is 8.25. The van der Waals surface area contributed by atoms with Crippen molar-refractivity contribution in [2.45, 2.75) is 110 Å². The molecule has 0 aromatic carbocycles. The topological polar surface area (TPSA) is 129 Å². The molecular formula is C33H47N3O6. The number of aliphatic carboxylic acids is 1. The van der Waals surface area contributed by atoms with Crippen LogP contribution >= 0.6 is 0 Å². The molecule has 0 spiro atoms. The Morgan fingerprint density at radius 1 is 1.14 bits per heavy atom. The van der Waals surface area contributed by atoms with Gasteiger partial charge in [0, 0.05) is 12.0 Å². The number of allylic oxidation sites excluding steroid dienone is 2. The minimum Gasteiger partial charge on any atom is -0.480 e. The number of oxime groups is 1. The van der Waals surface area contributed by atoms with E-state index >= 15 is 0 Å². The van der Waals surface area contributed by atoms with Gasteiger partial charge in [0.05, 0.1) is 5.71 Å². The Labute approximate surface area is 249 Å². The molecule has 3 N–H and O–H groups in total. The normalized spacial score (nSPS) is 39.0. The molecule has 0 aromatic heterocycles. The smallest absolute Gasteiger partial charge is 0.326 e. The quantitative estimate of drug-likeness (QED) is 0.309. The molecule has 0 unspecified atom stereocenters. The number of hydrogen-bond acceptors (Lipinski definition) is 6. The van der Waals surface area contributed by atoms with E-state index in [1.165, 1.54) is 10.5 Å². The van der Waals surface area contributed by atoms with Gasteiger partial charge in [-0.1, -0.05) is 44.3 Å². The number of hydrogen-bond donors (Lipinski definition) is 3. The zero-order chi connectivity index (χ0) is 30.4. The van der Waals surface area contributed by atoms with E-state index in [1.807, 2.05) is 13.8 Å². The monoisotopic (exact) mass is 581 g/mol. The fourth-order valence-corrected chi connectivity index (χ4v) is 9.26. The third-order valence-corrected chi connectivity index (χ3v) is 11.8. The first-order chi connectivity index (χ1) is 19.8. The lowest BCUT2D eigenvalue weighted by atomic mass is 9.46. The highest BCUT2D eigenvalue weighted by molar-refractivity contribution is 5.96. The average molecular weight is 582 g/mol. The third kappa shape index (κ3) is 5.04. The standard InChI is InChI=1S/C33H47N3O6/c1-6-33(41)16-13-25-23-10-9-21-18-22(11-14-31(21,4)24(23)12-15-32(25,33)5)35-42-19-27(37)34-28(20(2)3)29(38)36-17-7-8-26(36)30(39)40/h1,18,20,23-26,28,41H,7-17,19H2,2-5H3,(H,34,37)(H,39,40)/b35-22-/t23-,24-,25-,26-,28+,31+,32+,33-/m1/s1. The number of aliphatic hydroxyl groups is 1. The minimum absolute atomic E-state index is 0.0890. The van der Waals surface area contributed by atoms with E-state index in [0.29, 0.717) is 43.6 Å². The summed E-state index contributed by atoms with van der Waals surface area (Å²) in [4.78, 5) is 44.2. The zero-order valence-electron chi connectivity index (χ0n) is 25.5. The molecule has 42 heavy (non-hydrogen) atoms. The van der Waals surface area contributed by atoms with E-state index in [9.17, 15) is 24.6 Å². The van der Waals surface area contributed by atoms with Crippen LogP contribution in [0.5, 0.6) is 0 Å². The summed E-state index contributed by atoms with van der Waals surface area (Å²) in [7, 11) is 0. The van der Waals surface area contributed by atoms with Crippen LogP contribution in [0.25, 0.3) is 0 Å². The van der Waals surface area contributed by atoms with Gasteiger partial charge in [-0.15, -0.1) is 6.42 Å². The highest BCUT2D eigenvalue weighted by atomic mass is 16.6. The second-order valence-electron chi connectivity index (χ2n) is 14.2. The number of carboxylic acids is 1. The Morgan fingerprint density at radius 2 is 1.88 bits per heavy atom. The largest absolute Gasteiger partial charge is 0.480 e. The van der Waals surface area contributed by atoms with Crippen LogP contribution in [-0.4, -0.2) is 69.4 Å². The van der Waals surface area contributed by atoms with Crippen LogP contribution in [0.2, 0.25) is 0 Å². The predicted octanol–water partition coefficient (Wildman–Crippen LogP) is 3.90. The summed E-state index contributed by atoms with van der Waals surface area (Å²) in [5, 5.41) is 27.7. The van der Waals surface area contributed by atoms with Crippen molar-refractivity contribution in [3.8, 4) is 12.3 Å². The lowest BCUT2D eigenvalue weighted by Gasteiger charge is -2.58. The van der Waals surface area contributed by atoms with Crippen LogP contribution in [0.1, 0.15) is 91.9 Å². The van der Waals surface area contributed by atoms with Gasteiger partial charge in [-0.05, 0) is 99.4 Å². The number of carbonyl (C=O) groups excluding carboxylic acids is 2. The van der Waals surface area contributed by atoms with Crippen molar-refractivity contribution in [3.63, 3.8) is 0 Å². The molecule has 0 aromatic rings. The number of nitrogens with zero attached hydrogens (tertiary/aromatic N) is 2. The fourth-order valence-electron chi connectivity index (χ4n) is 9.26. The maximum Gasteiger partial charge on any atom is 0.326 e. The maximum atomic E-state index is 13.1. The van der Waals surface area contributed by atoms with Gasteiger partial charge in [0.25, 0.3) is 5.91 Å². The molecule has 9 nitrogen and oxygen atoms in total. The van der Waals surface area contributed by atoms with Crippen LogP contribution in [0.15, 0.2) is 16.8 Å². The predicted molar refractivity (Wildman–Crippen MR) is 158 cm³/mol. The van der Waals surface area contributed by atoms with Crippen LogP contribution in [0.3, 0.4) is 0 Å². The SMILES string of the molecule is C#C[C@@]1(O)CC[C@@H]2[C@@H]3CCC4=C/C(=N\OCC(=O)N[C@H](C(=O)N5CCC[C@@H]5C(=O)O)C(C)C)CC[C@]4(C)[C@@H]3CC[C@@]21C.